The summed E-state index contributed by atoms with van der Waals surface area (Å²) in [6.45, 7) is 9.05. The van der Waals surface area contributed by atoms with Crippen molar-refractivity contribution in [2.24, 2.45) is 4.99 Å². The lowest BCUT2D eigenvalue weighted by Crippen LogP contribution is -2.46. The van der Waals surface area contributed by atoms with Crippen LogP contribution in [0.15, 0.2) is 39.8 Å². The second kappa shape index (κ2) is 11.0. The van der Waals surface area contributed by atoms with Gasteiger partial charge in [-0.1, -0.05) is 49.3 Å². The Labute approximate surface area is 173 Å². The van der Waals surface area contributed by atoms with Crippen molar-refractivity contribution in [1.29, 1.82) is 0 Å². The SMILES string of the molecule is CCc1noc(CC)c1CNC(=NC)NCC(c1ccccc1)N1CCOCC1. The number of guanidine groups is 1. The van der Waals surface area contributed by atoms with E-state index < -0.39 is 0 Å². The van der Waals surface area contributed by atoms with E-state index in [1.165, 1.54) is 5.56 Å². The molecule has 1 aliphatic rings. The van der Waals surface area contributed by atoms with Crippen molar-refractivity contribution in [3.05, 3.63) is 52.9 Å². The number of ether oxygens (including phenoxy) is 1. The van der Waals surface area contributed by atoms with Crippen molar-refractivity contribution in [1.82, 2.24) is 20.7 Å². The van der Waals surface area contributed by atoms with Crippen molar-refractivity contribution in [3.63, 3.8) is 0 Å². The molecule has 158 valence electrons. The van der Waals surface area contributed by atoms with Gasteiger partial charge in [-0.25, -0.2) is 0 Å². The Morgan fingerprint density at radius 1 is 1.14 bits per heavy atom. The molecular weight excluding hydrogens is 366 g/mol. The number of rotatable bonds is 8. The van der Waals surface area contributed by atoms with E-state index in [0.717, 1.165) is 68.7 Å². The van der Waals surface area contributed by atoms with Crippen LogP contribution in [-0.2, 0) is 24.1 Å². The molecule has 0 saturated carbocycles. The van der Waals surface area contributed by atoms with E-state index in [-0.39, 0.29) is 6.04 Å². The van der Waals surface area contributed by atoms with Crippen molar-refractivity contribution < 1.29 is 9.26 Å². The molecule has 29 heavy (non-hydrogen) atoms. The van der Waals surface area contributed by atoms with Gasteiger partial charge in [0.1, 0.15) is 5.76 Å². The number of nitrogens with zero attached hydrogens (tertiary/aromatic N) is 3. The molecule has 7 heteroatoms. The lowest BCUT2D eigenvalue weighted by atomic mass is 10.0. The van der Waals surface area contributed by atoms with Crippen LogP contribution < -0.4 is 10.6 Å². The first-order valence-electron chi connectivity index (χ1n) is 10.5. The Bertz CT molecular complexity index is 747. The summed E-state index contributed by atoms with van der Waals surface area (Å²) in [5.41, 5.74) is 3.46. The topological polar surface area (TPSA) is 74.9 Å². The van der Waals surface area contributed by atoms with E-state index in [1.807, 2.05) is 0 Å². The Kier molecular flexibility index (Phi) is 8.07. The van der Waals surface area contributed by atoms with Crippen LogP contribution in [-0.4, -0.2) is 55.9 Å². The number of aryl methyl sites for hydroxylation is 2. The van der Waals surface area contributed by atoms with E-state index >= 15 is 0 Å². The predicted molar refractivity (Wildman–Crippen MR) is 115 cm³/mol. The average molecular weight is 400 g/mol. The zero-order chi connectivity index (χ0) is 20.5. The number of aromatic nitrogens is 1. The number of hydrogen-bond acceptors (Lipinski definition) is 5. The smallest absolute Gasteiger partial charge is 0.191 e. The Balaban J connectivity index is 1.64. The molecule has 1 fully saturated rings. The van der Waals surface area contributed by atoms with Gasteiger partial charge in [-0.3, -0.25) is 9.89 Å². The fraction of sp³-hybridized carbons (Fsp3) is 0.545. The summed E-state index contributed by atoms with van der Waals surface area (Å²) in [6, 6.07) is 10.9. The summed E-state index contributed by atoms with van der Waals surface area (Å²) in [7, 11) is 1.80. The van der Waals surface area contributed by atoms with Crippen LogP contribution in [0.25, 0.3) is 0 Å². The van der Waals surface area contributed by atoms with Gasteiger partial charge in [-0.05, 0) is 12.0 Å². The number of nitrogens with one attached hydrogen (secondary N) is 2. The highest BCUT2D eigenvalue weighted by molar-refractivity contribution is 5.79. The minimum atomic E-state index is 0.270. The molecule has 7 nitrogen and oxygen atoms in total. The summed E-state index contributed by atoms with van der Waals surface area (Å²) in [5, 5.41) is 11.1. The molecule has 0 spiro atoms. The molecular formula is C22H33N5O2. The van der Waals surface area contributed by atoms with E-state index in [2.05, 4.69) is 69.9 Å². The van der Waals surface area contributed by atoms with Gasteiger partial charge in [-0.2, -0.15) is 0 Å². The maximum atomic E-state index is 5.54. The fourth-order valence-corrected chi connectivity index (χ4v) is 3.75. The zero-order valence-electron chi connectivity index (χ0n) is 17.8. The number of morpholine rings is 1. The highest BCUT2D eigenvalue weighted by Crippen LogP contribution is 2.21. The zero-order valence-corrected chi connectivity index (χ0v) is 17.8. The van der Waals surface area contributed by atoms with Crippen LogP contribution in [0.3, 0.4) is 0 Å². The second-order valence-electron chi connectivity index (χ2n) is 7.12. The molecule has 0 bridgehead atoms. The number of hydrogen-bond donors (Lipinski definition) is 2. The maximum absolute atomic E-state index is 5.54. The molecule has 0 amide bonds. The molecule has 0 radical (unpaired) electrons. The standard InChI is InChI=1S/C22H33N5O2/c1-4-19-18(21(5-2)29-26-19)15-24-22(23-3)25-16-20(17-9-7-6-8-10-17)27-11-13-28-14-12-27/h6-10,20H,4-5,11-16H2,1-3H3,(H2,23,24,25). The minimum Gasteiger partial charge on any atom is -0.379 e. The van der Waals surface area contributed by atoms with Crippen molar-refractivity contribution in [2.45, 2.75) is 39.3 Å². The summed E-state index contributed by atoms with van der Waals surface area (Å²) >= 11 is 0. The predicted octanol–water partition coefficient (Wildman–Crippen LogP) is 2.54. The van der Waals surface area contributed by atoms with Crippen LogP contribution in [0.4, 0.5) is 0 Å². The van der Waals surface area contributed by atoms with E-state index in [1.54, 1.807) is 7.05 Å². The lowest BCUT2D eigenvalue weighted by molar-refractivity contribution is 0.0170. The molecule has 1 unspecified atom stereocenters. The van der Waals surface area contributed by atoms with Crippen molar-refractivity contribution in [3.8, 4) is 0 Å². The van der Waals surface area contributed by atoms with Gasteiger partial charge in [0.2, 0.25) is 0 Å². The summed E-state index contributed by atoms with van der Waals surface area (Å²) in [4.78, 5) is 6.89. The average Bonchev–Trinajstić information content (AvgIpc) is 3.19. The monoisotopic (exact) mass is 399 g/mol. The van der Waals surface area contributed by atoms with Crippen LogP contribution in [0, 0.1) is 0 Å². The maximum Gasteiger partial charge on any atom is 0.191 e. The van der Waals surface area contributed by atoms with Crippen molar-refractivity contribution >= 4 is 5.96 Å². The Morgan fingerprint density at radius 3 is 2.55 bits per heavy atom. The molecule has 1 aromatic heterocycles. The van der Waals surface area contributed by atoms with Crippen molar-refractivity contribution in [2.75, 3.05) is 39.9 Å². The third-order valence-corrected chi connectivity index (χ3v) is 5.40. The van der Waals surface area contributed by atoms with E-state index in [0.29, 0.717) is 6.54 Å². The molecule has 1 atom stereocenters. The molecule has 2 heterocycles. The fourth-order valence-electron chi connectivity index (χ4n) is 3.75. The molecule has 1 aliphatic heterocycles. The van der Waals surface area contributed by atoms with E-state index in [4.69, 9.17) is 9.26 Å². The van der Waals surface area contributed by atoms with Gasteiger partial charge in [0.05, 0.1) is 24.9 Å². The first kappa shape index (κ1) is 21.3. The normalized spacial score (nSPS) is 16.6. The van der Waals surface area contributed by atoms with Gasteiger partial charge >= 0.3 is 0 Å². The quantitative estimate of drug-likeness (QED) is 0.525. The highest BCUT2D eigenvalue weighted by atomic mass is 16.5. The molecule has 1 saturated heterocycles. The number of benzene rings is 1. The Hall–Kier alpha value is -2.38. The molecule has 3 rings (SSSR count). The lowest BCUT2D eigenvalue weighted by Gasteiger charge is -2.35. The minimum absolute atomic E-state index is 0.270. The van der Waals surface area contributed by atoms with Gasteiger partial charge in [-0.15, -0.1) is 0 Å². The van der Waals surface area contributed by atoms with Gasteiger partial charge in [0, 0.05) is 45.2 Å². The Morgan fingerprint density at radius 2 is 1.90 bits per heavy atom. The van der Waals surface area contributed by atoms with Crippen LogP contribution >= 0.6 is 0 Å². The third kappa shape index (κ3) is 5.58. The molecule has 2 N–H and O–H groups in total. The largest absolute Gasteiger partial charge is 0.379 e. The van der Waals surface area contributed by atoms with Gasteiger partial charge < -0.3 is 19.9 Å². The summed E-state index contributed by atoms with van der Waals surface area (Å²) < 4.78 is 11.0. The first-order valence-corrected chi connectivity index (χ1v) is 10.5. The van der Waals surface area contributed by atoms with Crippen LogP contribution in [0.5, 0.6) is 0 Å². The highest BCUT2D eigenvalue weighted by Gasteiger charge is 2.23. The molecule has 2 aromatic rings. The van der Waals surface area contributed by atoms with E-state index in [9.17, 15) is 0 Å². The summed E-state index contributed by atoms with van der Waals surface area (Å²) in [6.07, 6.45) is 1.70. The summed E-state index contributed by atoms with van der Waals surface area (Å²) in [5.74, 6) is 1.73. The first-order chi connectivity index (χ1) is 14.3. The van der Waals surface area contributed by atoms with Crippen LogP contribution in [0.1, 0.15) is 42.5 Å². The van der Waals surface area contributed by atoms with Gasteiger partial charge in [0.25, 0.3) is 0 Å². The third-order valence-electron chi connectivity index (χ3n) is 5.40. The molecule has 1 aromatic carbocycles. The molecule has 0 aliphatic carbocycles. The second-order valence-corrected chi connectivity index (χ2v) is 7.12. The van der Waals surface area contributed by atoms with Gasteiger partial charge in [0.15, 0.2) is 5.96 Å². The number of aliphatic imine (C=N–C) groups is 1. The van der Waals surface area contributed by atoms with Crippen LogP contribution in [0.2, 0.25) is 0 Å².